The number of rotatable bonds is 1. The summed E-state index contributed by atoms with van der Waals surface area (Å²) in [5.74, 6) is 0. The third kappa shape index (κ3) is 4.36. The number of halogens is 1. The summed E-state index contributed by atoms with van der Waals surface area (Å²) >= 11 is 6.54. The Bertz CT molecular complexity index is 968. The van der Waals surface area contributed by atoms with Crippen molar-refractivity contribution in [2.45, 2.75) is 70.9 Å². The fourth-order valence-corrected chi connectivity index (χ4v) is 6.25. The molecule has 3 amide bonds. The van der Waals surface area contributed by atoms with Crippen LogP contribution in [0.15, 0.2) is 12.1 Å². The van der Waals surface area contributed by atoms with E-state index in [0.29, 0.717) is 50.8 Å². The van der Waals surface area contributed by atoms with Crippen molar-refractivity contribution in [3.63, 3.8) is 0 Å². The van der Waals surface area contributed by atoms with Crippen molar-refractivity contribution < 1.29 is 24.2 Å². The number of urea groups is 1. The van der Waals surface area contributed by atoms with E-state index in [4.69, 9.17) is 21.1 Å². The zero-order chi connectivity index (χ0) is 24.2. The van der Waals surface area contributed by atoms with E-state index in [1.165, 1.54) is 4.90 Å². The van der Waals surface area contributed by atoms with E-state index < -0.39 is 12.1 Å². The van der Waals surface area contributed by atoms with Crippen molar-refractivity contribution in [3.8, 4) is 0 Å². The molecule has 4 aliphatic rings. The number of benzene rings is 1. The van der Waals surface area contributed by atoms with Gasteiger partial charge in [-0.1, -0.05) is 32.4 Å². The van der Waals surface area contributed by atoms with Crippen molar-refractivity contribution in [1.29, 1.82) is 0 Å². The minimum Gasteiger partial charge on any atom is -0.465 e. The van der Waals surface area contributed by atoms with Gasteiger partial charge in [0, 0.05) is 37.7 Å². The summed E-state index contributed by atoms with van der Waals surface area (Å²) in [4.78, 5) is 31.0. The van der Waals surface area contributed by atoms with Crippen LogP contribution in [0.4, 0.5) is 9.59 Å². The summed E-state index contributed by atoms with van der Waals surface area (Å²) in [5.41, 5.74) is 2.64. The summed E-state index contributed by atoms with van der Waals surface area (Å²) in [6.07, 6.45) is 1.70. The van der Waals surface area contributed by atoms with Crippen LogP contribution in [-0.2, 0) is 22.4 Å². The maximum atomic E-state index is 13.5. The highest BCUT2D eigenvalue weighted by Gasteiger charge is 2.45. The number of carboxylic acid groups (broad SMARTS) is 1. The molecule has 3 saturated heterocycles. The van der Waals surface area contributed by atoms with Crippen LogP contribution < -0.4 is 0 Å². The first-order chi connectivity index (χ1) is 16.1. The van der Waals surface area contributed by atoms with Crippen molar-refractivity contribution >= 4 is 23.7 Å². The molecule has 1 aromatic rings. The molecule has 4 atom stereocenters. The topological polar surface area (TPSA) is 82.5 Å². The van der Waals surface area contributed by atoms with Crippen molar-refractivity contribution in [2.24, 2.45) is 5.41 Å². The van der Waals surface area contributed by atoms with E-state index >= 15 is 0 Å². The molecule has 0 radical (unpaired) electrons. The molecule has 0 spiro atoms. The number of likely N-dealkylation sites (tertiary alicyclic amines) is 1. The predicted octanol–water partition coefficient (Wildman–Crippen LogP) is 4.15. The van der Waals surface area contributed by atoms with E-state index in [1.54, 1.807) is 0 Å². The molecule has 34 heavy (non-hydrogen) atoms. The van der Waals surface area contributed by atoms with Crippen molar-refractivity contribution in [2.75, 3.05) is 32.8 Å². The number of amides is 3. The molecular weight excluding hydrogens is 458 g/mol. The van der Waals surface area contributed by atoms with Gasteiger partial charge < -0.3 is 24.4 Å². The van der Waals surface area contributed by atoms with Gasteiger partial charge in [0.15, 0.2) is 0 Å². The molecule has 9 heteroatoms. The van der Waals surface area contributed by atoms with E-state index in [2.05, 4.69) is 20.8 Å². The largest absolute Gasteiger partial charge is 0.465 e. The highest BCUT2D eigenvalue weighted by atomic mass is 35.5. The quantitative estimate of drug-likeness (QED) is 0.638. The predicted molar refractivity (Wildman–Crippen MR) is 127 cm³/mol. The van der Waals surface area contributed by atoms with Gasteiger partial charge in [0.05, 0.1) is 31.0 Å². The number of ether oxygens (including phenoxy) is 2. The SMILES string of the molecule is CC(C)(C)C1OCCN(C(=O)O)[C@@H]1c1cc(Cl)cc2c1CN(C(=O)N1CC3CCC(C1)O3)CC2. The molecule has 3 unspecified atom stereocenters. The molecular formula is C25H34ClN3O5. The highest BCUT2D eigenvalue weighted by molar-refractivity contribution is 6.30. The Morgan fingerprint density at radius 2 is 1.79 bits per heavy atom. The van der Waals surface area contributed by atoms with E-state index in [1.807, 2.05) is 21.9 Å². The van der Waals surface area contributed by atoms with Crippen molar-refractivity contribution in [1.82, 2.24) is 14.7 Å². The fourth-order valence-electron chi connectivity index (χ4n) is 6.00. The van der Waals surface area contributed by atoms with Crippen LogP contribution in [0.25, 0.3) is 0 Å². The lowest BCUT2D eigenvalue weighted by molar-refractivity contribution is -0.110. The van der Waals surface area contributed by atoms with Crippen LogP contribution in [0.1, 0.15) is 56.3 Å². The second kappa shape index (κ2) is 8.88. The van der Waals surface area contributed by atoms with Crippen LogP contribution in [0, 0.1) is 5.41 Å². The third-order valence-electron chi connectivity index (χ3n) is 7.60. The maximum absolute atomic E-state index is 13.5. The average Bonchev–Trinajstić information content (AvgIpc) is 3.13. The van der Waals surface area contributed by atoms with Gasteiger partial charge in [0.2, 0.25) is 0 Å². The third-order valence-corrected chi connectivity index (χ3v) is 7.81. The second-order valence-electron chi connectivity index (χ2n) is 11.0. The van der Waals surface area contributed by atoms with Crippen LogP contribution in [0.2, 0.25) is 5.02 Å². The summed E-state index contributed by atoms with van der Waals surface area (Å²) in [6, 6.07) is 3.37. The lowest BCUT2D eigenvalue weighted by Gasteiger charge is -2.47. The van der Waals surface area contributed by atoms with Gasteiger partial charge in [-0.15, -0.1) is 0 Å². The van der Waals surface area contributed by atoms with E-state index in [-0.39, 0.29) is 29.8 Å². The molecule has 186 valence electrons. The lowest BCUT2D eigenvalue weighted by Crippen LogP contribution is -2.53. The zero-order valence-electron chi connectivity index (χ0n) is 20.1. The number of nitrogens with zero attached hydrogens (tertiary/aromatic N) is 3. The van der Waals surface area contributed by atoms with Gasteiger partial charge in [0.25, 0.3) is 0 Å². The Morgan fingerprint density at radius 3 is 2.44 bits per heavy atom. The number of carbonyl (C=O) groups is 2. The Balaban J connectivity index is 1.48. The molecule has 1 N–H and O–H groups in total. The maximum Gasteiger partial charge on any atom is 0.407 e. The monoisotopic (exact) mass is 491 g/mol. The minimum atomic E-state index is -0.969. The standard InChI is InChI=1S/C25H34ClN3O5/c1-25(2,3)22-21(29(24(31)32)8-9-33-22)19-11-16(26)10-15-6-7-27(14-20(15)19)23(30)28-12-17-4-5-18(13-28)34-17/h10-11,17-18,21-22H,4-9,12-14H2,1-3H3,(H,31,32)/t17?,18?,21-,22?/m1/s1. The summed E-state index contributed by atoms with van der Waals surface area (Å²) in [7, 11) is 0. The average molecular weight is 492 g/mol. The molecule has 2 bridgehead atoms. The first-order valence-corrected chi connectivity index (χ1v) is 12.6. The smallest absolute Gasteiger partial charge is 0.407 e. The number of fused-ring (bicyclic) bond motifs is 3. The van der Waals surface area contributed by atoms with E-state index in [0.717, 1.165) is 29.5 Å². The van der Waals surface area contributed by atoms with Gasteiger partial charge >= 0.3 is 12.1 Å². The Labute approximate surface area is 205 Å². The number of hydrogen-bond donors (Lipinski definition) is 1. The first-order valence-electron chi connectivity index (χ1n) is 12.2. The molecule has 3 fully saturated rings. The summed E-state index contributed by atoms with van der Waals surface area (Å²) in [5, 5.41) is 10.6. The number of carbonyl (C=O) groups excluding carboxylic acids is 1. The molecule has 0 aliphatic carbocycles. The molecule has 8 nitrogen and oxygen atoms in total. The van der Waals surface area contributed by atoms with Gasteiger partial charge in [-0.3, -0.25) is 4.90 Å². The number of hydrogen-bond acceptors (Lipinski definition) is 4. The Morgan fingerprint density at radius 1 is 1.09 bits per heavy atom. The van der Waals surface area contributed by atoms with Gasteiger partial charge in [-0.25, -0.2) is 9.59 Å². The first kappa shape index (κ1) is 23.7. The molecule has 4 heterocycles. The Hall–Kier alpha value is -2.03. The van der Waals surface area contributed by atoms with Crippen molar-refractivity contribution in [3.05, 3.63) is 33.8 Å². The Kier molecular flexibility index (Phi) is 6.19. The minimum absolute atomic E-state index is 0.0362. The van der Waals surface area contributed by atoms with Crippen LogP contribution >= 0.6 is 11.6 Å². The summed E-state index contributed by atoms with van der Waals surface area (Å²) < 4.78 is 12.1. The van der Waals surface area contributed by atoms with Gasteiger partial charge in [0.1, 0.15) is 0 Å². The summed E-state index contributed by atoms with van der Waals surface area (Å²) in [6.45, 7) is 9.19. The molecule has 0 aromatic heterocycles. The highest BCUT2D eigenvalue weighted by Crippen LogP contribution is 2.43. The van der Waals surface area contributed by atoms with E-state index in [9.17, 15) is 14.7 Å². The molecule has 1 aromatic carbocycles. The molecule has 5 rings (SSSR count). The second-order valence-corrected chi connectivity index (χ2v) is 11.5. The van der Waals surface area contributed by atoms with Crippen LogP contribution in [0.5, 0.6) is 0 Å². The molecule has 0 saturated carbocycles. The zero-order valence-corrected chi connectivity index (χ0v) is 20.9. The van der Waals surface area contributed by atoms with Gasteiger partial charge in [-0.05, 0) is 53.5 Å². The van der Waals surface area contributed by atoms with Crippen LogP contribution in [0.3, 0.4) is 0 Å². The lowest BCUT2D eigenvalue weighted by atomic mass is 9.78. The van der Waals surface area contributed by atoms with Gasteiger partial charge in [-0.2, -0.15) is 0 Å². The fraction of sp³-hybridized carbons (Fsp3) is 0.680. The van der Waals surface area contributed by atoms with Crippen LogP contribution in [-0.4, -0.2) is 83.0 Å². The number of morpholine rings is 2. The molecule has 4 aliphatic heterocycles. The normalized spacial score (nSPS) is 29.2.